The molecule has 0 saturated carbocycles. The molecule has 0 unspecified atom stereocenters. The van der Waals surface area contributed by atoms with Gasteiger partial charge in [-0.05, 0) is 18.3 Å². The van der Waals surface area contributed by atoms with Crippen molar-refractivity contribution in [3.63, 3.8) is 0 Å². The van der Waals surface area contributed by atoms with E-state index in [1.54, 1.807) is 6.92 Å². The van der Waals surface area contributed by atoms with Crippen LogP contribution in [0.25, 0.3) is 0 Å². The topological polar surface area (TPSA) is 133 Å². The molecule has 18 heavy (non-hydrogen) atoms. The number of rotatable bonds is 4. The SMILES string of the molecule is CCNC(=O)N=c1sc([N+](=O)[O-])cn1CC(N)=O. The number of primary amides is 1. The van der Waals surface area contributed by atoms with Crippen LogP contribution < -0.4 is 15.9 Å². The molecule has 98 valence electrons. The Morgan fingerprint density at radius 2 is 2.33 bits per heavy atom. The summed E-state index contributed by atoms with van der Waals surface area (Å²) in [4.78, 5) is 35.7. The molecule has 1 aromatic heterocycles. The Morgan fingerprint density at radius 3 is 2.83 bits per heavy atom. The minimum absolute atomic E-state index is 0.0476. The Kier molecular flexibility index (Phi) is 4.54. The van der Waals surface area contributed by atoms with Gasteiger partial charge in [0.1, 0.15) is 6.54 Å². The molecule has 0 atom stereocenters. The second-order valence-corrected chi connectivity index (χ2v) is 4.14. The lowest BCUT2D eigenvalue weighted by Gasteiger charge is -1.97. The molecular formula is C8H11N5O4S. The van der Waals surface area contributed by atoms with Gasteiger partial charge in [-0.2, -0.15) is 4.99 Å². The van der Waals surface area contributed by atoms with Crippen molar-refractivity contribution in [2.75, 3.05) is 6.54 Å². The first-order valence-corrected chi connectivity index (χ1v) is 5.71. The van der Waals surface area contributed by atoms with E-state index in [-0.39, 0.29) is 16.3 Å². The average Bonchev–Trinajstić information content (AvgIpc) is 2.61. The van der Waals surface area contributed by atoms with Gasteiger partial charge in [0.15, 0.2) is 0 Å². The quantitative estimate of drug-likeness (QED) is 0.569. The van der Waals surface area contributed by atoms with E-state index < -0.39 is 16.9 Å². The second kappa shape index (κ2) is 5.91. The van der Waals surface area contributed by atoms with Crippen LogP contribution in [0.15, 0.2) is 11.2 Å². The Morgan fingerprint density at radius 1 is 1.67 bits per heavy atom. The van der Waals surface area contributed by atoms with E-state index >= 15 is 0 Å². The van der Waals surface area contributed by atoms with Crippen molar-refractivity contribution in [2.45, 2.75) is 13.5 Å². The number of nitro groups is 1. The summed E-state index contributed by atoms with van der Waals surface area (Å²) < 4.78 is 1.17. The maximum absolute atomic E-state index is 11.3. The van der Waals surface area contributed by atoms with Gasteiger partial charge in [0.05, 0.1) is 11.1 Å². The molecule has 0 aromatic carbocycles. The molecule has 0 radical (unpaired) electrons. The van der Waals surface area contributed by atoms with Crippen LogP contribution in [0.1, 0.15) is 6.92 Å². The first kappa shape index (κ1) is 13.8. The number of carbonyl (C=O) groups excluding carboxylic acids is 2. The number of carbonyl (C=O) groups is 2. The highest BCUT2D eigenvalue weighted by Crippen LogP contribution is 2.13. The van der Waals surface area contributed by atoms with E-state index in [1.165, 1.54) is 4.57 Å². The summed E-state index contributed by atoms with van der Waals surface area (Å²) in [5.74, 6) is -0.681. The predicted molar refractivity (Wildman–Crippen MR) is 62.8 cm³/mol. The highest BCUT2D eigenvalue weighted by atomic mass is 32.1. The summed E-state index contributed by atoms with van der Waals surface area (Å²) in [6.45, 7) is 1.82. The Labute approximate surface area is 105 Å². The van der Waals surface area contributed by atoms with Crippen LogP contribution in [0.3, 0.4) is 0 Å². The third-order valence-electron chi connectivity index (χ3n) is 1.74. The van der Waals surface area contributed by atoms with Crippen molar-refractivity contribution in [3.8, 4) is 0 Å². The van der Waals surface area contributed by atoms with Crippen LogP contribution >= 0.6 is 11.3 Å². The third kappa shape index (κ3) is 3.66. The number of nitrogens with one attached hydrogen (secondary N) is 1. The fourth-order valence-electron chi connectivity index (χ4n) is 1.10. The van der Waals surface area contributed by atoms with E-state index in [4.69, 9.17) is 5.73 Å². The van der Waals surface area contributed by atoms with Crippen LogP contribution in [0, 0.1) is 10.1 Å². The van der Waals surface area contributed by atoms with Gasteiger partial charge in [-0.3, -0.25) is 14.9 Å². The standard InChI is InChI=1S/C8H11N5O4S/c1-2-10-7(15)11-8-12(3-5(9)14)4-6(18-8)13(16)17/h4H,2-3H2,1H3,(H2,9,14)(H,10,15). The molecule has 0 bridgehead atoms. The molecule has 0 aliphatic carbocycles. The van der Waals surface area contributed by atoms with Gasteiger partial charge in [0.2, 0.25) is 10.7 Å². The first-order valence-electron chi connectivity index (χ1n) is 4.89. The molecule has 3 amide bonds. The number of urea groups is 1. The van der Waals surface area contributed by atoms with Crippen LogP contribution in [0.5, 0.6) is 0 Å². The maximum Gasteiger partial charge on any atom is 0.343 e. The minimum atomic E-state index is -0.681. The lowest BCUT2D eigenvalue weighted by atomic mass is 10.6. The average molecular weight is 273 g/mol. The van der Waals surface area contributed by atoms with Gasteiger partial charge in [0.25, 0.3) is 0 Å². The first-order chi connectivity index (χ1) is 8.43. The van der Waals surface area contributed by atoms with Crippen LogP contribution in [-0.4, -0.2) is 28.0 Å². The highest BCUT2D eigenvalue weighted by Gasteiger charge is 2.14. The van der Waals surface area contributed by atoms with Crippen LogP contribution in [0.4, 0.5) is 9.80 Å². The molecule has 0 saturated heterocycles. The summed E-state index contributed by atoms with van der Waals surface area (Å²) in [5, 5.41) is 12.8. The van der Waals surface area contributed by atoms with Crippen molar-refractivity contribution in [1.82, 2.24) is 9.88 Å². The van der Waals surface area contributed by atoms with Crippen molar-refractivity contribution < 1.29 is 14.5 Å². The molecule has 0 aliphatic rings. The molecule has 0 aliphatic heterocycles. The van der Waals surface area contributed by atoms with Crippen molar-refractivity contribution in [1.29, 1.82) is 0 Å². The van der Waals surface area contributed by atoms with E-state index in [2.05, 4.69) is 10.3 Å². The number of hydrogen-bond donors (Lipinski definition) is 2. The van der Waals surface area contributed by atoms with E-state index in [9.17, 15) is 19.7 Å². The molecule has 10 heteroatoms. The lowest BCUT2D eigenvalue weighted by Crippen LogP contribution is -2.27. The molecule has 1 aromatic rings. The zero-order valence-electron chi connectivity index (χ0n) is 9.45. The van der Waals surface area contributed by atoms with Gasteiger partial charge in [-0.15, -0.1) is 0 Å². The molecule has 1 heterocycles. The molecular weight excluding hydrogens is 262 g/mol. The largest absolute Gasteiger partial charge is 0.368 e. The summed E-state index contributed by atoms with van der Waals surface area (Å²) in [6, 6.07) is -0.632. The molecule has 9 nitrogen and oxygen atoms in total. The number of amides is 3. The lowest BCUT2D eigenvalue weighted by molar-refractivity contribution is -0.380. The van der Waals surface area contributed by atoms with E-state index in [0.717, 1.165) is 6.20 Å². The maximum atomic E-state index is 11.3. The van der Waals surface area contributed by atoms with E-state index in [1.807, 2.05) is 0 Å². The molecule has 0 spiro atoms. The number of aromatic nitrogens is 1. The van der Waals surface area contributed by atoms with Gasteiger partial charge in [0, 0.05) is 6.54 Å². The van der Waals surface area contributed by atoms with Gasteiger partial charge < -0.3 is 15.6 Å². The summed E-state index contributed by atoms with van der Waals surface area (Å²) >= 11 is 0.692. The van der Waals surface area contributed by atoms with Crippen molar-refractivity contribution in [3.05, 3.63) is 21.1 Å². The van der Waals surface area contributed by atoms with Gasteiger partial charge in [-0.25, -0.2) is 4.79 Å². The second-order valence-electron chi connectivity index (χ2n) is 3.15. The fourth-order valence-corrected chi connectivity index (χ4v) is 1.90. The molecule has 0 fully saturated rings. The monoisotopic (exact) mass is 273 g/mol. The molecule has 3 N–H and O–H groups in total. The zero-order valence-corrected chi connectivity index (χ0v) is 10.3. The van der Waals surface area contributed by atoms with Gasteiger partial charge in [-0.1, -0.05) is 0 Å². The number of hydrogen-bond acceptors (Lipinski definition) is 5. The fraction of sp³-hybridized carbons (Fsp3) is 0.375. The Bertz CT molecular complexity index is 546. The number of nitrogens with zero attached hydrogens (tertiary/aromatic N) is 3. The Balaban J connectivity index is 3.18. The van der Waals surface area contributed by atoms with Crippen LogP contribution in [0.2, 0.25) is 0 Å². The normalized spacial score (nSPS) is 11.3. The highest BCUT2D eigenvalue weighted by molar-refractivity contribution is 7.12. The Hall–Kier alpha value is -2.23. The van der Waals surface area contributed by atoms with E-state index in [0.29, 0.717) is 17.9 Å². The van der Waals surface area contributed by atoms with Crippen molar-refractivity contribution >= 4 is 28.3 Å². The summed E-state index contributed by atoms with van der Waals surface area (Å²) in [6.07, 6.45) is 1.12. The smallest absolute Gasteiger partial charge is 0.343 e. The number of nitrogens with two attached hydrogens (primary N) is 1. The van der Waals surface area contributed by atoms with Gasteiger partial charge >= 0.3 is 11.0 Å². The van der Waals surface area contributed by atoms with Crippen molar-refractivity contribution in [2.24, 2.45) is 10.7 Å². The minimum Gasteiger partial charge on any atom is -0.368 e. The summed E-state index contributed by atoms with van der Waals surface area (Å²) in [5.41, 5.74) is 5.00. The zero-order chi connectivity index (χ0) is 13.7. The molecule has 1 rings (SSSR count). The number of thiazole rings is 1. The van der Waals surface area contributed by atoms with Crippen LogP contribution in [-0.2, 0) is 11.3 Å². The third-order valence-corrected chi connectivity index (χ3v) is 2.71. The predicted octanol–water partition coefficient (Wildman–Crippen LogP) is -0.427. The summed E-state index contributed by atoms with van der Waals surface area (Å²) in [7, 11) is 0.